The van der Waals surface area contributed by atoms with Gasteiger partial charge >= 0.3 is 5.97 Å². The van der Waals surface area contributed by atoms with Gasteiger partial charge in [0.1, 0.15) is 0 Å². The molecule has 1 aromatic heterocycles. The molecule has 0 radical (unpaired) electrons. The Bertz CT molecular complexity index is 379. The minimum atomic E-state index is -0.875. The molecule has 0 aliphatic heterocycles. The average Bonchev–Trinajstić information content (AvgIpc) is 2.29. The number of carbonyl (C=O) groups excluding carboxylic acids is 1. The zero-order chi connectivity index (χ0) is 12.7. The van der Waals surface area contributed by atoms with E-state index < -0.39 is 5.97 Å². The molecule has 1 amide bonds. The topological polar surface area (TPSA) is 79.3 Å². The number of pyridine rings is 1. The largest absolute Gasteiger partial charge is 0.481 e. The van der Waals surface area contributed by atoms with Gasteiger partial charge in [-0.1, -0.05) is 0 Å². The summed E-state index contributed by atoms with van der Waals surface area (Å²) in [5.74, 6) is -1.00. The molecule has 5 nitrogen and oxygen atoms in total. The summed E-state index contributed by atoms with van der Waals surface area (Å²) in [6, 6.07) is 3.58. The highest BCUT2D eigenvalue weighted by molar-refractivity contribution is 5.77. The van der Waals surface area contributed by atoms with Crippen molar-refractivity contribution in [1.82, 2.24) is 10.3 Å². The van der Waals surface area contributed by atoms with Gasteiger partial charge in [0.05, 0.1) is 6.04 Å². The molecule has 1 unspecified atom stereocenters. The number of carboxylic acid groups (broad SMARTS) is 1. The van der Waals surface area contributed by atoms with Crippen LogP contribution in [0.3, 0.4) is 0 Å². The van der Waals surface area contributed by atoms with Crippen LogP contribution in [0.5, 0.6) is 0 Å². The maximum atomic E-state index is 11.5. The summed E-state index contributed by atoms with van der Waals surface area (Å²) in [7, 11) is 0. The highest BCUT2D eigenvalue weighted by Gasteiger charge is 2.09. The molecule has 0 aliphatic carbocycles. The van der Waals surface area contributed by atoms with E-state index in [0.29, 0.717) is 6.42 Å². The molecule has 0 spiro atoms. The Balaban J connectivity index is 2.34. The minimum Gasteiger partial charge on any atom is -0.481 e. The van der Waals surface area contributed by atoms with E-state index in [1.54, 1.807) is 12.4 Å². The summed E-state index contributed by atoms with van der Waals surface area (Å²) < 4.78 is 0. The monoisotopic (exact) mass is 236 g/mol. The normalized spacial score (nSPS) is 11.8. The van der Waals surface area contributed by atoms with Crippen LogP contribution in [0.15, 0.2) is 24.5 Å². The Labute approximate surface area is 99.9 Å². The van der Waals surface area contributed by atoms with Crippen molar-refractivity contribution in [2.24, 2.45) is 0 Å². The Kier molecular flexibility index (Phi) is 5.13. The molecule has 0 aromatic carbocycles. The second kappa shape index (κ2) is 6.62. The first-order valence-corrected chi connectivity index (χ1v) is 5.50. The van der Waals surface area contributed by atoms with E-state index >= 15 is 0 Å². The van der Waals surface area contributed by atoms with Crippen LogP contribution in [0, 0.1) is 0 Å². The molecule has 1 rings (SSSR count). The third-order valence-electron chi connectivity index (χ3n) is 2.38. The molecule has 0 fully saturated rings. The fourth-order valence-electron chi connectivity index (χ4n) is 1.45. The van der Waals surface area contributed by atoms with Crippen LogP contribution in [0.4, 0.5) is 0 Å². The van der Waals surface area contributed by atoms with Crippen LogP contribution in [0.1, 0.15) is 37.8 Å². The van der Waals surface area contributed by atoms with Crippen LogP contribution >= 0.6 is 0 Å². The number of carbonyl (C=O) groups is 2. The number of amides is 1. The van der Waals surface area contributed by atoms with E-state index in [1.807, 2.05) is 19.1 Å². The van der Waals surface area contributed by atoms with E-state index in [1.165, 1.54) is 0 Å². The number of hydrogen-bond donors (Lipinski definition) is 2. The lowest BCUT2D eigenvalue weighted by atomic mass is 10.1. The van der Waals surface area contributed by atoms with E-state index in [9.17, 15) is 9.59 Å². The van der Waals surface area contributed by atoms with Gasteiger partial charge in [-0.15, -0.1) is 0 Å². The Morgan fingerprint density at radius 2 is 2.00 bits per heavy atom. The second-order valence-corrected chi connectivity index (χ2v) is 3.82. The molecular weight excluding hydrogens is 220 g/mol. The van der Waals surface area contributed by atoms with Crippen molar-refractivity contribution < 1.29 is 14.7 Å². The predicted octanol–water partition coefficient (Wildman–Crippen LogP) is 1.51. The number of nitrogens with one attached hydrogen (secondary N) is 1. The van der Waals surface area contributed by atoms with Gasteiger partial charge in [-0.25, -0.2) is 0 Å². The molecule has 1 aromatic rings. The summed E-state index contributed by atoms with van der Waals surface area (Å²) >= 11 is 0. The summed E-state index contributed by atoms with van der Waals surface area (Å²) in [6.45, 7) is 1.88. The molecule has 92 valence electrons. The number of aliphatic carboxylic acids is 1. The van der Waals surface area contributed by atoms with Crippen LogP contribution in [-0.2, 0) is 9.59 Å². The van der Waals surface area contributed by atoms with Gasteiger partial charge in [0.15, 0.2) is 0 Å². The van der Waals surface area contributed by atoms with Crippen LogP contribution in [0.25, 0.3) is 0 Å². The molecular formula is C12H16N2O3. The smallest absolute Gasteiger partial charge is 0.303 e. The number of nitrogens with zero attached hydrogens (tertiary/aromatic N) is 1. The summed E-state index contributed by atoms with van der Waals surface area (Å²) in [5.41, 5.74) is 0.978. The molecule has 1 heterocycles. The van der Waals surface area contributed by atoms with Crippen molar-refractivity contribution >= 4 is 11.9 Å². The maximum absolute atomic E-state index is 11.5. The minimum absolute atomic E-state index is 0.0249. The lowest BCUT2D eigenvalue weighted by molar-refractivity contribution is -0.137. The summed E-state index contributed by atoms with van der Waals surface area (Å²) in [6.07, 6.45) is 3.97. The van der Waals surface area contributed by atoms with Crippen molar-refractivity contribution in [3.63, 3.8) is 0 Å². The van der Waals surface area contributed by atoms with Gasteiger partial charge in [0, 0.05) is 25.2 Å². The zero-order valence-corrected chi connectivity index (χ0v) is 9.72. The lowest BCUT2D eigenvalue weighted by Gasteiger charge is -2.13. The third-order valence-corrected chi connectivity index (χ3v) is 2.38. The lowest BCUT2D eigenvalue weighted by Crippen LogP contribution is -2.26. The van der Waals surface area contributed by atoms with Crippen molar-refractivity contribution in [3.05, 3.63) is 30.1 Å². The van der Waals surface area contributed by atoms with Crippen LogP contribution in [0.2, 0.25) is 0 Å². The molecule has 0 saturated carbocycles. The van der Waals surface area contributed by atoms with Crippen molar-refractivity contribution in [2.45, 2.75) is 32.2 Å². The van der Waals surface area contributed by atoms with Gasteiger partial charge in [0.2, 0.25) is 5.91 Å². The molecule has 17 heavy (non-hydrogen) atoms. The number of rotatable bonds is 6. The first-order chi connectivity index (χ1) is 8.09. The van der Waals surface area contributed by atoms with Crippen LogP contribution < -0.4 is 5.32 Å². The van der Waals surface area contributed by atoms with Crippen molar-refractivity contribution in [2.75, 3.05) is 0 Å². The highest BCUT2D eigenvalue weighted by Crippen LogP contribution is 2.10. The predicted molar refractivity (Wildman–Crippen MR) is 62.3 cm³/mol. The Morgan fingerprint density at radius 3 is 2.59 bits per heavy atom. The highest BCUT2D eigenvalue weighted by atomic mass is 16.4. The fourth-order valence-corrected chi connectivity index (χ4v) is 1.45. The molecule has 0 bridgehead atoms. The SMILES string of the molecule is CC(NC(=O)CCCC(=O)O)c1ccncc1. The van der Waals surface area contributed by atoms with E-state index in [-0.39, 0.29) is 24.8 Å². The second-order valence-electron chi connectivity index (χ2n) is 3.82. The van der Waals surface area contributed by atoms with Gasteiger partial charge in [-0.05, 0) is 31.0 Å². The third kappa shape index (κ3) is 5.10. The van der Waals surface area contributed by atoms with Gasteiger partial charge in [0.25, 0.3) is 0 Å². The van der Waals surface area contributed by atoms with Gasteiger partial charge < -0.3 is 10.4 Å². The molecule has 0 aliphatic rings. The number of aromatic nitrogens is 1. The quantitative estimate of drug-likeness (QED) is 0.784. The average molecular weight is 236 g/mol. The van der Waals surface area contributed by atoms with Gasteiger partial charge in [-0.3, -0.25) is 14.6 Å². The molecule has 5 heteroatoms. The van der Waals surface area contributed by atoms with Crippen molar-refractivity contribution in [3.8, 4) is 0 Å². The Hall–Kier alpha value is -1.91. The number of hydrogen-bond acceptors (Lipinski definition) is 3. The molecule has 2 N–H and O–H groups in total. The first-order valence-electron chi connectivity index (χ1n) is 5.50. The fraction of sp³-hybridized carbons (Fsp3) is 0.417. The number of carboxylic acids is 1. The van der Waals surface area contributed by atoms with E-state index in [0.717, 1.165) is 5.56 Å². The summed E-state index contributed by atoms with van der Waals surface area (Å²) in [4.78, 5) is 25.7. The molecule has 0 saturated heterocycles. The zero-order valence-electron chi connectivity index (χ0n) is 9.72. The van der Waals surface area contributed by atoms with Crippen molar-refractivity contribution in [1.29, 1.82) is 0 Å². The Morgan fingerprint density at radius 1 is 1.35 bits per heavy atom. The standard InChI is InChI=1S/C12H16N2O3/c1-9(10-5-7-13-8-6-10)14-11(15)3-2-4-12(16)17/h5-9H,2-4H2,1H3,(H,14,15)(H,16,17). The van der Waals surface area contributed by atoms with E-state index in [4.69, 9.17) is 5.11 Å². The molecule has 1 atom stereocenters. The van der Waals surface area contributed by atoms with Crippen LogP contribution in [-0.4, -0.2) is 22.0 Å². The van der Waals surface area contributed by atoms with Gasteiger partial charge in [-0.2, -0.15) is 0 Å². The maximum Gasteiger partial charge on any atom is 0.303 e. The first kappa shape index (κ1) is 13.2. The summed E-state index contributed by atoms with van der Waals surface area (Å²) in [5, 5.41) is 11.3. The van der Waals surface area contributed by atoms with E-state index in [2.05, 4.69) is 10.3 Å².